The third kappa shape index (κ3) is 21.3. The van der Waals surface area contributed by atoms with Gasteiger partial charge < -0.3 is 4.74 Å². The second kappa shape index (κ2) is 25.4. The summed E-state index contributed by atoms with van der Waals surface area (Å²) in [6.07, 6.45) is 35.2. The molecule has 0 bridgehead atoms. The van der Waals surface area contributed by atoms with Crippen LogP contribution in [0.4, 0.5) is 0 Å². The zero-order chi connectivity index (χ0) is 23.7. The minimum atomic E-state index is 0.598. The second-order valence-electron chi connectivity index (χ2n) is 10.9. The maximum Gasteiger partial charge on any atom is 0.108 e. The summed E-state index contributed by atoms with van der Waals surface area (Å²) in [6, 6.07) is 0. The van der Waals surface area contributed by atoms with Gasteiger partial charge in [0.2, 0.25) is 0 Å². The van der Waals surface area contributed by atoms with Crippen LogP contribution in [0.5, 0.6) is 0 Å². The molecule has 0 radical (unpaired) electrons. The number of unbranched alkanes of at least 4 members (excludes halogenated alkanes) is 17. The van der Waals surface area contributed by atoms with Gasteiger partial charge in [-0.25, -0.2) is 0 Å². The van der Waals surface area contributed by atoms with E-state index >= 15 is 0 Å². The molecule has 0 saturated carbocycles. The Morgan fingerprint density at radius 2 is 0.970 bits per heavy atom. The van der Waals surface area contributed by atoms with E-state index in [2.05, 4.69) is 13.8 Å². The Morgan fingerprint density at radius 1 is 0.515 bits per heavy atom. The van der Waals surface area contributed by atoms with E-state index in [1.807, 2.05) is 0 Å². The van der Waals surface area contributed by atoms with Gasteiger partial charge >= 0.3 is 0 Å². The summed E-state index contributed by atoms with van der Waals surface area (Å²) in [5, 5.41) is 0. The van der Waals surface area contributed by atoms with Crippen LogP contribution < -0.4 is 0 Å². The maximum absolute atomic E-state index is 5.85. The van der Waals surface area contributed by atoms with Gasteiger partial charge in [0.05, 0.1) is 6.10 Å². The fourth-order valence-electron chi connectivity index (χ4n) is 5.22. The summed E-state index contributed by atoms with van der Waals surface area (Å²) < 4.78 is 5.85. The van der Waals surface area contributed by atoms with Gasteiger partial charge in [0.25, 0.3) is 0 Å². The summed E-state index contributed by atoms with van der Waals surface area (Å²) in [6.45, 7) is 5.70. The Labute approximate surface area is 213 Å². The Balaban J connectivity index is 1.86. The van der Waals surface area contributed by atoms with E-state index in [1.54, 1.807) is 11.5 Å². The molecular formula is C31H63OS+. The molecule has 0 aromatic heterocycles. The SMILES string of the molecule is CCCCCCCCCC[S+](CCCC)CCCCCCCCCCCCC1CCCCO1. The highest BCUT2D eigenvalue weighted by Gasteiger charge is 2.16. The van der Waals surface area contributed by atoms with E-state index in [-0.39, 0.29) is 0 Å². The summed E-state index contributed by atoms with van der Waals surface area (Å²) in [4.78, 5) is 0. The van der Waals surface area contributed by atoms with Crippen molar-refractivity contribution in [2.24, 2.45) is 0 Å². The number of hydrogen-bond donors (Lipinski definition) is 0. The Kier molecular flexibility index (Phi) is 24.1. The quantitative estimate of drug-likeness (QED) is 0.0926. The van der Waals surface area contributed by atoms with Crippen molar-refractivity contribution in [2.75, 3.05) is 23.9 Å². The zero-order valence-electron chi connectivity index (χ0n) is 23.2. The van der Waals surface area contributed by atoms with Crippen LogP contribution in [0.2, 0.25) is 0 Å². The van der Waals surface area contributed by atoms with Gasteiger partial charge in [0.15, 0.2) is 0 Å². The lowest BCUT2D eigenvalue weighted by molar-refractivity contribution is 0.00977. The van der Waals surface area contributed by atoms with Gasteiger partial charge in [0, 0.05) is 6.61 Å². The average molecular weight is 484 g/mol. The van der Waals surface area contributed by atoms with E-state index in [4.69, 9.17) is 4.74 Å². The van der Waals surface area contributed by atoms with Gasteiger partial charge in [-0.05, 0) is 68.7 Å². The van der Waals surface area contributed by atoms with Gasteiger partial charge in [0.1, 0.15) is 17.3 Å². The van der Waals surface area contributed by atoms with Crippen molar-refractivity contribution < 1.29 is 4.74 Å². The van der Waals surface area contributed by atoms with Crippen molar-refractivity contribution in [2.45, 2.75) is 174 Å². The van der Waals surface area contributed by atoms with Crippen LogP contribution in [0, 0.1) is 0 Å². The predicted molar refractivity (Wildman–Crippen MR) is 154 cm³/mol. The molecule has 0 aromatic carbocycles. The lowest BCUT2D eigenvalue weighted by atomic mass is 10.0. The van der Waals surface area contributed by atoms with E-state index in [1.165, 1.54) is 160 Å². The largest absolute Gasteiger partial charge is 0.378 e. The highest BCUT2D eigenvalue weighted by Crippen LogP contribution is 2.19. The fourth-order valence-corrected chi connectivity index (χ4v) is 7.76. The van der Waals surface area contributed by atoms with Gasteiger partial charge in [-0.15, -0.1) is 0 Å². The van der Waals surface area contributed by atoms with Gasteiger partial charge in [-0.2, -0.15) is 0 Å². The first kappa shape index (κ1) is 31.3. The molecule has 33 heavy (non-hydrogen) atoms. The molecule has 198 valence electrons. The van der Waals surface area contributed by atoms with Crippen LogP contribution in [-0.2, 0) is 15.6 Å². The Morgan fingerprint density at radius 3 is 1.45 bits per heavy atom. The van der Waals surface area contributed by atoms with E-state index in [0.717, 1.165) is 17.5 Å². The first-order chi connectivity index (χ1) is 16.4. The number of hydrogen-bond acceptors (Lipinski definition) is 1. The highest BCUT2D eigenvalue weighted by atomic mass is 32.2. The van der Waals surface area contributed by atoms with Gasteiger partial charge in [-0.3, -0.25) is 0 Å². The van der Waals surface area contributed by atoms with Gasteiger partial charge in [-0.1, -0.05) is 110 Å². The molecule has 0 amide bonds. The lowest BCUT2D eigenvalue weighted by Gasteiger charge is -2.22. The highest BCUT2D eigenvalue weighted by molar-refractivity contribution is 7.96. The molecule has 1 heterocycles. The molecule has 0 aromatic rings. The molecule has 2 atom stereocenters. The van der Waals surface area contributed by atoms with Crippen molar-refractivity contribution in [3.8, 4) is 0 Å². The molecule has 2 unspecified atom stereocenters. The normalized spacial score (nSPS) is 17.5. The number of rotatable bonds is 25. The molecule has 0 aliphatic carbocycles. The average Bonchev–Trinajstić information content (AvgIpc) is 2.84. The standard InChI is InChI=1S/C31H63OS/c1-3-5-7-8-9-15-18-23-29-33(28-6-4-2)30-24-19-16-13-11-10-12-14-17-20-25-31-26-21-22-27-32-31/h31H,3-30H2,1-2H3/q+1. The van der Waals surface area contributed by atoms with E-state index < -0.39 is 0 Å². The molecule has 2 heteroatoms. The van der Waals surface area contributed by atoms with Crippen molar-refractivity contribution in [3.05, 3.63) is 0 Å². The molecule has 1 aliphatic rings. The molecule has 0 spiro atoms. The monoisotopic (exact) mass is 483 g/mol. The number of ether oxygens (including phenoxy) is 1. The molecule has 1 fully saturated rings. The summed E-state index contributed by atoms with van der Waals surface area (Å²) in [5.41, 5.74) is 0. The first-order valence-electron chi connectivity index (χ1n) is 15.6. The molecule has 0 N–H and O–H groups in total. The second-order valence-corrected chi connectivity index (χ2v) is 13.3. The topological polar surface area (TPSA) is 9.23 Å². The van der Waals surface area contributed by atoms with Crippen LogP contribution in [0.25, 0.3) is 0 Å². The van der Waals surface area contributed by atoms with Crippen molar-refractivity contribution >= 4 is 10.9 Å². The lowest BCUT2D eigenvalue weighted by Crippen LogP contribution is -2.18. The summed E-state index contributed by atoms with van der Waals surface area (Å²) in [7, 11) is 0.741. The van der Waals surface area contributed by atoms with Crippen molar-refractivity contribution in [3.63, 3.8) is 0 Å². The predicted octanol–water partition coefficient (Wildman–Crippen LogP) is 10.4. The third-order valence-corrected chi connectivity index (χ3v) is 10.2. The van der Waals surface area contributed by atoms with Crippen LogP contribution in [-0.4, -0.2) is 30.0 Å². The van der Waals surface area contributed by atoms with E-state index in [0.29, 0.717) is 6.10 Å². The molecular weight excluding hydrogens is 420 g/mol. The maximum atomic E-state index is 5.85. The van der Waals surface area contributed by atoms with Crippen LogP contribution in [0.1, 0.15) is 168 Å². The fraction of sp³-hybridized carbons (Fsp3) is 1.00. The van der Waals surface area contributed by atoms with Crippen molar-refractivity contribution in [1.82, 2.24) is 0 Å². The minimum absolute atomic E-state index is 0.598. The molecule has 1 saturated heterocycles. The van der Waals surface area contributed by atoms with Crippen LogP contribution >= 0.6 is 0 Å². The van der Waals surface area contributed by atoms with E-state index in [9.17, 15) is 0 Å². The Hall–Kier alpha value is 0.310. The third-order valence-electron chi connectivity index (χ3n) is 7.56. The minimum Gasteiger partial charge on any atom is -0.378 e. The Bertz CT molecular complexity index is 366. The zero-order valence-corrected chi connectivity index (χ0v) is 24.0. The van der Waals surface area contributed by atoms with Crippen molar-refractivity contribution in [1.29, 1.82) is 0 Å². The summed E-state index contributed by atoms with van der Waals surface area (Å²) in [5.74, 6) is 4.61. The molecule has 1 aliphatic heterocycles. The summed E-state index contributed by atoms with van der Waals surface area (Å²) >= 11 is 0. The van der Waals surface area contributed by atoms with Crippen LogP contribution in [0.3, 0.4) is 0 Å². The molecule has 1 nitrogen and oxygen atoms in total. The smallest absolute Gasteiger partial charge is 0.108 e. The molecule has 1 rings (SSSR count). The van der Waals surface area contributed by atoms with Crippen LogP contribution in [0.15, 0.2) is 0 Å². The first-order valence-corrected chi connectivity index (χ1v) is 17.4.